The summed E-state index contributed by atoms with van der Waals surface area (Å²) in [7, 11) is 0. The predicted octanol–water partition coefficient (Wildman–Crippen LogP) is 6.21. The molecule has 0 saturated carbocycles. The van der Waals surface area contributed by atoms with Gasteiger partial charge in [-0.3, -0.25) is 0 Å². The van der Waals surface area contributed by atoms with Gasteiger partial charge in [-0.2, -0.15) is 4.39 Å². The number of rotatable bonds is 8. The highest BCUT2D eigenvalue weighted by atomic mass is 19.2. The molecule has 1 fully saturated rings. The monoisotopic (exact) mass is 408 g/mol. The van der Waals surface area contributed by atoms with E-state index in [0.717, 1.165) is 19.3 Å². The second-order valence-corrected chi connectivity index (χ2v) is 7.22. The summed E-state index contributed by atoms with van der Waals surface area (Å²) in [5.74, 6) is -3.00. The summed E-state index contributed by atoms with van der Waals surface area (Å²) in [5.41, 5.74) is 0.559. The molecule has 1 saturated heterocycles. The molecule has 0 aromatic heterocycles. The summed E-state index contributed by atoms with van der Waals surface area (Å²) in [6.45, 7) is 5.37. The summed E-state index contributed by atoms with van der Waals surface area (Å²) < 4.78 is 60.2. The molecule has 2 aromatic carbocycles. The van der Waals surface area contributed by atoms with Crippen molar-refractivity contribution in [2.24, 2.45) is 0 Å². The Kier molecular flexibility index (Phi) is 7.56. The highest BCUT2D eigenvalue weighted by Crippen LogP contribution is 2.35. The molecule has 3 nitrogen and oxygen atoms in total. The van der Waals surface area contributed by atoms with Gasteiger partial charge in [0.25, 0.3) is 0 Å². The maximum atomic E-state index is 14.7. The lowest BCUT2D eigenvalue weighted by atomic mass is 9.96. The van der Waals surface area contributed by atoms with Crippen molar-refractivity contribution >= 4 is 0 Å². The molecule has 2 aromatic rings. The van der Waals surface area contributed by atoms with Gasteiger partial charge in [0.05, 0.1) is 25.4 Å². The van der Waals surface area contributed by atoms with E-state index in [1.807, 2.05) is 6.92 Å². The average molecular weight is 408 g/mol. The second-order valence-electron chi connectivity index (χ2n) is 7.22. The third-order valence-electron chi connectivity index (χ3n) is 4.96. The van der Waals surface area contributed by atoms with Crippen molar-refractivity contribution in [2.75, 3.05) is 19.8 Å². The summed E-state index contributed by atoms with van der Waals surface area (Å²) in [6, 6.07) is 7.19. The van der Waals surface area contributed by atoms with Crippen molar-refractivity contribution in [3.05, 3.63) is 53.3 Å². The molecule has 0 aliphatic carbocycles. The third-order valence-corrected chi connectivity index (χ3v) is 4.96. The van der Waals surface area contributed by atoms with Crippen molar-refractivity contribution in [1.82, 2.24) is 0 Å². The molecular formula is C23H27F3O3. The van der Waals surface area contributed by atoms with Gasteiger partial charge in [0.2, 0.25) is 5.82 Å². The minimum Gasteiger partial charge on any atom is -0.490 e. The van der Waals surface area contributed by atoms with Crippen LogP contribution in [0.15, 0.2) is 30.3 Å². The molecule has 3 rings (SSSR count). The van der Waals surface area contributed by atoms with E-state index < -0.39 is 17.5 Å². The first-order chi connectivity index (χ1) is 14.0. The van der Waals surface area contributed by atoms with E-state index in [1.54, 1.807) is 6.07 Å². The summed E-state index contributed by atoms with van der Waals surface area (Å²) in [6.07, 6.45) is 3.03. The van der Waals surface area contributed by atoms with E-state index >= 15 is 0 Å². The Morgan fingerprint density at radius 1 is 0.931 bits per heavy atom. The van der Waals surface area contributed by atoms with Crippen LogP contribution in [0.2, 0.25) is 0 Å². The Bertz CT molecular complexity index is 817. The van der Waals surface area contributed by atoms with Crippen LogP contribution < -0.4 is 4.74 Å². The van der Waals surface area contributed by atoms with Gasteiger partial charge in [0.15, 0.2) is 11.6 Å². The molecular weight excluding hydrogens is 381 g/mol. The smallest absolute Gasteiger partial charge is 0.201 e. The van der Waals surface area contributed by atoms with Crippen LogP contribution in [0.1, 0.15) is 51.2 Å². The molecule has 0 bridgehead atoms. The van der Waals surface area contributed by atoms with Gasteiger partial charge >= 0.3 is 0 Å². The standard InChI is InChI=1S/C23H27F3O3/c1-3-11-27-16-6-9-20(29-14-16)15-5-7-17(19(24)13-15)18-8-10-21(28-12-4-2)23(26)22(18)25/h5,7-8,10,13,16,20H,3-4,6,9,11-12,14H2,1-2H3. The Balaban J connectivity index is 1.74. The molecule has 1 aliphatic rings. The van der Waals surface area contributed by atoms with Gasteiger partial charge in [-0.1, -0.05) is 26.0 Å². The molecule has 0 radical (unpaired) electrons. The van der Waals surface area contributed by atoms with Gasteiger partial charge in [0.1, 0.15) is 5.82 Å². The van der Waals surface area contributed by atoms with Crippen LogP contribution in [0, 0.1) is 17.5 Å². The molecule has 0 N–H and O–H groups in total. The first-order valence-corrected chi connectivity index (χ1v) is 10.2. The van der Waals surface area contributed by atoms with E-state index in [9.17, 15) is 13.2 Å². The van der Waals surface area contributed by atoms with Crippen LogP contribution in [0.5, 0.6) is 5.75 Å². The zero-order chi connectivity index (χ0) is 20.8. The maximum Gasteiger partial charge on any atom is 0.201 e. The van der Waals surface area contributed by atoms with E-state index in [0.29, 0.717) is 25.2 Å². The Morgan fingerprint density at radius 3 is 2.34 bits per heavy atom. The highest BCUT2D eigenvalue weighted by Gasteiger charge is 2.25. The number of hydrogen-bond acceptors (Lipinski definition) is 3. The van der Waals surface area contributed by atoms with Crippen molar-refractivity contribution in [3.63, 3.8) is 0 Å². The van der Waals surface area contributed by atoms with Gasteiger partial charge in [-0.25, -0.2) is 8.78 Å². The lowest BCUT2D eigenvalue weighted by Gasteiger charge is -2.29. The van der Waals surface area contributed by atoms with Gasteiger partial charge < -0.3 is 14.2 Å². The highest BCUT2D eigenvalue weighted by molar-refractivity contribution is 5.66. The first kappa shape index (κ1) is 21.7. The SMILES string of the molecule is CCCOc1ccc(-c2ccc(C3CCC(OCCC)CO3)cc2F)c(F)c1F. The van der Waals surface area contributed by atoms with E-state index in [1.165, 1.54) is 24.3 Å². The van der Waals surface area contributed by atoms with Crippen molar-refractivity contribution in [1.29, 1.82) is 0 Å². The van der Waals surface area contributed by atoms with E-state index in [-0.39, 0.29) is 35.7 Å². The quantitative estimate of drug-likeness (QED) is 0.520. The first-order valence-electron chi connectivity index (χ1n) is 10.2. The molecule has 6 heteroatoms. The Morgan fingerprint density at radius 2 is 1.69 bits per heavy atom. The lowest BCUT2D eigenvalue weighted by Crippen LogP contribution is -2.27. The van der Waals surface area contributed by atoms with Gasteiger partial charge in [-0.05, 0) is 49.4 Å². The molecule has 1 aliphatic heterocycles. The second kappa shape index (κ2) is 10.1. The molecule has 0 spiro atoms. The van der Waals surface area contributed by atoms with Crippen LogP contribution in [0.25, 0.3) is 11.1 Å². The minimum atomic E-state index is -1.12. The van der Waals surface area contributed by atoms with Crippen LogP contribution in [-0.2, 0) is 9.47 Å². The van der Waals surface area contributed by atoms with E-state index in [4.69, 9.17) is 14.2 Å². The van der Waals surface area contributed by atoms with Crippen molar-refractivity contribution in [2.45, 2.75) is 51.7 Å². The van der Waals surface area contributed by atoms with Crippen LogP contribution in [0.4, 0.5) is 13.2 Å². The summed E-state index contributed by atoms with van der Waals surface area (Å²) in [5, 5.41) is 0. The zero-order valence-corrected chi connectivity index (χ0v) is 16.8. The predicted molar refractivity (Wildman–Crippen MR) is 105 cm³/mol. The van der Waals surface area contributed by atoms with Crippen LogP contribution in [0.3, 0.4) is 0 Å². The maximum absolute atomic E-state index is 14.7. The van der Waals surface area contributed by atoms with Crippen LogP contribution >= 0.6 is 0 Å². The number of hydrogen-bond donors (Lipinski definition) is 0. The number of benzene rings is 2. The number of ether oxygens (including phenoxy) is 3. The van der Waals surface area contributed by atoms with Crippen molar-refractivity contribution < 1.29 is 27.4 Å². The largest absolute Gasteiger partial charge is 0.490 e. The van der Waals surface area contributed by atoms with Gasteiger partial charge in [0, 0.05) is 17.7 Å². The molecule has 1 heterocycles. The molecule has 0 amide bonds. The Labute approximate surface area is 169 Å². The average Bonchev–Trinajstić information content (AvgIpc) is 2.74. The molecule has 2 unspecified atom stereocenters. The third kappa shape index (κ3) is 5.11. The van der Waals surface area contributed by atoms with E-state index in [2.05, 4.69) is 6.92 Å². The fraction of sp³-hybridized carbons (Fsp3) is 0.478. The van der Waals surface area contributed by atoms with Crippen molar-refractivity contribution in [3.8, 4) is 16.9 Å². The topological polar surface area (TPSA) is 27.7 Å². The van der Waals surface area contributed by atoms with Gasteiger partial charge in [-0.15, -0.1) is 0 Å². The Hall–Kier alpha value is -2.05. The molecule has 2 atom stereocenters. The fourth-order valence-corrected chi connectivity index (χ4v) is 3.42. The minimum absolute atomic E-state index is 0.00663. The molecule has 158 valence electrons. The number of halogens is 3. The zero-order valence-electron chi connectivity index (χ0n) is 16.8. The van der Waals surface area contributed by atoms with Crippen LogP contribution in [-0.4, -0.2) is 25.9 Å². The molecule has 29 heavy (non-hydrogen) atoms. The normalized spacial score (nSPS) is 19.3. The lowest BCUT2D eigenvalue weighted by molar-refractivity contribution is -0.0866. The summed E-state index contributed by atoms with van der Waals surface area (Å²) in [4.78, 5) is 0. The summed E-state index contributed by atoms with van der Waals surface area (Å²) >= 11 is 0. The fourth-order valence-electron chi connectivity index (χ4n) is 3.42.